The van der Waals surface area contributed by atoms with Gasteiger partial charge in [-0.25, -0.2) is 0 Å². The molecule has 8 nitrogen and oxygen atoms in total. The Morgan fingerprint density at radius 2 is 1.94 bits per heavy atom. The summed E-state index contributed by atoms with van der Waals surface area (Å²) in [6, 6.07) is 8.79. The number of aliphatic hydroxyl groups excluding tert-OH is 3. The van der Waals surface area contributed by atoms with Gasteiger partial charge in [-0.1, -0.05) is 36.4 Å². The number of allylic oxidation sites excluding steroid dienone is 1. The summed E-state index contributed by atoms with van der Waals surface area (Å²) in [5.41, 5.74) is 1.61. The van der Waals surface area contributed by atoms with Gasteiger partial charge in [-0.3, -0.25) is 4.79 Å². The molecule has 3 aliphatic heterocycles. The predicted octanol–water partition coefficient (Wildman–Crippen LogP) is 0.730. The predicted molar refractivity (Wildman–Crippen MR) is 131 cm³/mol. The number of ether oxygens (including phenoxy) is 2. The molecule has 0 aliphatic carbocycles. The van der Waals surface area contributed by atoms with Crippen molar-refractivity contribution >= 4 is 34.8 Å². The van der Waals surface area contributed by atoms with Gasteiger partial charge in [-0.15, -0.1) is 23.4 Å². The summed E-state index contributed by atoms with van der Waals surface area (Å²) in [4.78, 5) is 13.3. The number of rotatable bonds is 6. The number of thioether (sulfide) groups is 1. The fraction of sp³-hybridized carbons (Fsp3) is 0.625. The monoisotopic (exact) mass is 512 g/mol. The van der Waals surface area contributed by atoms with Crippen LogP contribution in [0.25, 0.3) is 5.57 Å². The SMILES string of the molecule is CSC1O[C@H]([C@H](NC(=O)[C@H]2NC[C@@H]3CC(c4ccccc4)=CCO[C@H]32)[C@H](C)Cl)C(O)[C@@H](O)[C@H]1O. The molecule has 34 heavy (non-hydrogen) atoms. The molecule has 1 amide bonds. The van der Waals surface area contributed by atoms with Gasteiger partial charge in [-0.2, -0.15) is 0 Å². The van der Waals surface area contributed by atoms with Crippen LogP contribution in [0.4, 0.5) is 0 Å². The molecule has 10 atom stereocenters. The summed E-state index contributed by atoms with van der Waals surface area (Å²) in [6.45, 7) is 2.74. The van der Waals surface area contributed by atoms with E-state index in [0.717, 1.165) is 12.0 Å². The van der Waals surface area contributed by atoms with E-state index in [1.165, 1.54) is 17.3 Å². The number of nitrogens with one attached hydrogen (secondary N) is 2. The lowest BCUT2D eigenvalue weighted by atomic mass is 9.90. The molecular formula is C24H33ClN2O6S. The standard InChI is InChI=1S/C24H33ClN2O6S/c1-12(25)16(22-19(29)18(28)20(30)24(33-22)34-2)27-23(31)17-21-15(11-26-17)10-14(8-9-32-21)13-6-4-3-5-7-13/h3-8,12,15-22,24,26,28-30H,9-11H2,1-2H3,(H,27,31)/t12-,15-,16+,17-,18+,19?,20+,21+,22+,24?/m0/s1. The summed E-state index contributed by atoms with van der Waals surface area (Å²) in [5.74, 6) is -0.170. The highest BCUT2D eigenvalue weighted by atomic mass is 35.5. The summed E-state index contributed by atoms with van der Waals surface area (Å²) in [6.07, 6.45) is -0.743. The van der Waals surface area contributed by atoms with Gasteiger partial charge in [-0.05, 0) is 30.7 Å². The Bertz CT molecular complexity index is 872. The van der Waals surface area contributed by atoms with Gasteiger partial charge in [0.05, 0.1) is 24.1 Å². The number of halogens is 1. The molecule has 0 radical (unpaired) electrons. The highest BCUT2D eigenvalue weighted by Gasteiger charge is 2.49. The molecule has 1 aromatic rings. The third-order valence-electron chi connectivity index (χ3n) is 6.92. The average Bonchev–Trinajstić information content (AvgIpc) is 3.11. The minimum atomic E-state index is -1.41. The first-order valence-corrected chi connectivity index (χ1v) is 13.3. The number of benzene rings is 1. The molecule has 1 aromatic carbocycles. The van der Waals surface area contributed by atoms with Crippen molar-refractivity contribution in [3.8, 4) is 0 Å². The molecule has 3 aliphatic rings. The number of alkyl halides is 1. The second-order valence-electron chi connectivity index (χ2n) is 9.13. The lowest BCUT2D eigenvalue weighted by molar-refractivity contribution is -0.205. The Kier molecular flexibility index (Phi) is 8.58. The van der Waals surface area contributed by atoms with Gasteiger partial charge in [0.2, 0.25) is 5.91 Å². The van der Waals surface area contributed by atoms with E-state index in [1.807, 2.05) is 18.2 Å². The van der Waals surface area contributed by atoms with E-state index < -0.39 is 47.3 Å². The molecule has 2 fully saturated rings. The number of carbonyl (C=O) groups excluding carboxylic acids is 1. The average molecular weight is 513 g/mol. The molecule has 4 rings (SSSR count). The first-order valence-electron chi connectivity index (χ1n) is 11.6. The van der Waals surface area contributed by atoms with Crippen LogP contribution >= 0.6 is 23.4 Å². The Morgan fingerprint density at radius 1 is 1.21 bits per heavy atom. The summed E-state index contributed by atoms with van der Waals surface area (Å²) in [7, 11) is 0. The number of carbonyl (C=O) groups is 1. The minimum absolute atomic E-state index is 0.131. The fourth-order valence-electron chi connectivity index (χ4n) is 5.04. The zero-order valence-electron chi connectivity index (χ0n) is 19.2. The minimum Gasteiger partial charge on any atom is -0.388 e. The van der Waals surface area contributed by atoms with Gasteiger partial charge >= 0.3 is 0 Å². The number of amides is 1. The maximum Gasteiger partial charge on any atom is 0.240 e. The molecule has 2 unspecified atom stereocenters. The highest BCUT2D eigenvalue weighted by molar-refractivity contribution is 7.99. The summed E-state index contributed by atoms with van der Waals surface area (Å²) < 4.78 is 11.9. The van der Waals surface area contributed by atoms with E-state index in [2.05, 4.69) is 28.8 Å². The zero-order chi connectivity index (χ0) is 24.4. The third kappa shape index (κ3) is 5.32. The van der Waals surface area contributed by atoms with Crippen LogP contribution in [0.5, 0.6) is 0 Å². The Morgan fingerprint density at radius 3 is 2.62 bits per heavy atom. The van der Waals surface area contributed by atoms with Crippen molar-refractivity contribution in [1.29, 1.82) is 0 Å². The maximum absolute atomic E-state index is 13.3. The van der Waals surface area contributed by atoms with Crippen LogP contribution in [-0.4, -0.2) is 94.1 Å². The molecule has 0 bridgehead atoms. The van der Waals surface area contributed by atoms with Crippen molar-refractivity contribution in [3.63, 3.8) is 0 Å². The van der Waals surface area contributed by atoms with Gasteiger partial charge in [0.15, 0.2) is 0 Å². The van der Waals surface area contributed by atoms with Crippen LogP contribution in [0, 0.1) is 5.92 Å². The number of aliphatic hydroxyl groups is 3. The van der Waals surface area contributed by atoms with Crippen LogP contribution < -0.4 is 10.6 Å². The summed E-state index contributed by atoms with van der Waals surface area (Å²) in [5, 5.41) is 36.6. The Labute approximate surface area is 209 Å². The van der Waals surface area contributed by atoms with Gasteiger partial charge < -0.3 is 35.4 Å². The first kappa shape index (κ1) is 25.9. The van der Waals surface area contributed by atoms with Crippen molar-refractivity contribution in [2.24, 2.45) is 5.92 Å². The Balaban J connectivity index is 1.44. The van der Waals surface area contributed by atoms with E-state index in [4.69, 9.17) is 21.1 Å². The summed E-state index contributed by atoms with van der Waals surface area (Å²) >= 11 is 7.62. The van der Waals surface area contributed by atoms with E-state index in [0.29, 0.717) is 13.2 Å². The fourth-order valence-corrected chi connectivity index (χ4v) is 5.92. The van der Waals surface area contributed by atoms with Crippen molar-refractivity contribution in [2.75, 3.05) is 19.4 Å². The Hall–Kier alpha value is -1.17. The molecule has 188 valence electrons. The number of hydrogen-bond acceptors (Lipinski definition) is 8. The molecule has 2 saturated heterocycles. The quantitative estimate of drug-likeness (QED) is 0.354. The van der Waals surface area contributed by atoms with E-state index in [9.17, 15) is 20.1 Å². The largest absolute Gasteiger partial charge is 0.388 e. The normalized spacial score (nSPS) is 37.8. The lowest BCUT2D eigenvalue weighted by Gasteiger charge is -2.44. The van der Waals surface area contributed by atoms with Gasteiger partial charge in [0.25, 0.3) is 0 Å². The van der Waals surface area contributed by atoms with Crippen LogP contribution in [0.1, 0.15) is 18.9 Å². The smallest absolute Gasteiger partial charge is 0.240 e. The van der Waals surface area contributed by atoms with Crippen molar-refractivity contribution in [3.05, 3.63) is 42.0 Å². The van der Waals surface area contributed by atoms with Crippen LogP contribution in [0.3, 0.4) is 0 Å². The second-order valence-corrected chi connectivity index (χ2v) is 10.8. The van der Waals surface area contributed by atoms with Gasteiger partial charge in [0.1, 0.15) is 35.9 Å². The molecular weight excluding hydrogens is 480 g/mol. The topological polar surface area (TPSA) is 120 Å². The van der Waals surface area contributed by atoms with Crippen molar-refractivity contribution in [2.45, 2.75) is 66.8 Å². The molecule has 3 heterocycles. The highest BCUT2D eigenvalue weighted by Crippen LogP contribution is 2.33. The third-order valence-corrected chi connectivity index (χ3v) is 8.04. The van der Waals surface area contributed by atoms with Gasteiger partial charge in [0, 0.05) is 12.5 Å². The molecule has 0 saturated carbocycles. The molecule has 5 N–H and O–H groups in total. The van der Waals surface area contributed by atoms with Crippen LogP contribution in [-0.2, 0) is 14.3 Å². The van der Waals surface area contributed by atoms with E-state index in [1.54, 1.807) is 13.2 Å². The van der Waals surface area contributed by atoms with Crippen LogP contribution in [0.2, 0.25) is 0 Å². The van der Waals surface area contributed by atoms with Crippen LogP contribution in [0.15, 0.2) is 36.4 Å². The van der Waals surface area contributed by atoms with Crippen molar-refractivity contribution in [1.82, 2.24) is 10.6 Å². The number of fused-ring (bicyclic) bond motifs is 1. The lowest BCUT2D eigenvalue weighted by Crippen LogP contribution is -2.65. The second kappa shape index (κ2) is 11.3. The molecule has 0 aromatic heterocycles. The van der Waals surface area contributed by atoms with E-state index in [-0.39, 0.29) is 17.9 Å². The molecule has 0 spiro atoms. The van der Waals surface area contributed by atoms with E-state index >= 15 is 0 Å². The zero-order valence-corrected chi connectivity index (χ0v) is 20.8. The van der Waals surface area contributed by atoms with Crippen molar-refractivity contribution < 1.29 is 29.6 Å². The molecule has 10 heteroatoms. The maximum atomic E-state index is 13.3. The number of hydrogen-bond donors (Lipinski definition) is 5. The first-order chi connectivity index (χ1) is 16.3.